The fourth-order valence-corrected chi connectivity index (χ4v) is 4.48. The highest BCUT2D eigenvalue weighted by Gasteiger charge is 2.36. The number of aromatic hydroxyl groups is 1. The quantitative estimate of drug-likeness (QED) is 0.495. The van der Waals surface area contributed by atoms with Crippen LogP contribution in [0.2, 0.25) is 5.02 Å². The Morgan fingerprint density at radius 1 is 1.19 bits per heavy atom. The molecule has 1 saturated heterocycles. The maximum absolute atomic E-state index is 13.0. The molecule has 3 rings (SSSR count). The second-order valence-electron chi connectivity index (χ2n) is 7.91. The van der Waals surface area contributed by atoms with Gasteiger partial charge in [0.1, 0.15) is 23.4 Å². The molecule has 1 aliphatic rings. The lowest BCUT2D eigenvalue weighted by Crippen LogP contribution is -2.43. The van der Waals surface area contributed by atoms with Gasteiger partial charge in [0.25, 0.3) is 0 Å². The van der Waals surface area contributed by atoms with Crippen molar-refractivity contribution >= 4 is 23.4 Å². The predicted octanol–water partition coefficient (Wildman–Crippen LogP) is 3.84. The summed E-state index contributed by atoms with van der Waals surface area (Å²) in [6.07, 6.45) is 0.0648. The molecule has 0 radical (unpaired) electrons. The summed E-state index contributed by atoms with van der Waals surface area (Å²) in [5.74, 6) is -0.282. The van der Waals surface area contributed by atoms with E-state index in [1.54, 1.807) is 30.3 Å². The van der Waals surface area contributed by atoms with E-state index in [0.29, 0.717) is 46.2 Å². The summed E-state index contributed by atoms with van der Waals surface area (Å²) in [4.78, 5) is 26.8. The van der Waals surface area contributed by atoms with Crippen molar-refractivity contribution in [3.8, 4) is 17.2 Å². The van der Waals surface area contributed by atoms with E-state index in [2.05, 4.69) is 4.90 Å². The summed E-state index contributed by atoms with van der Waals surface area (Å²) in [5, 5.41) is 11.7. The van der Waals surface area contributed by atoms with Gasteiger partial charge in [-0.05, 0) is 32.1 Å². The number of phenols is 1. The highest BCUT2D eigenvalue weighted by molar-refractivity contribution is 6.34. The van der Waals surface area contributed by atoms with E-state index in [1.807, 2.05) is 7.05 Å². The fraction of sp³-hybridized carbons (Fsp3) is 0.417. The van der Waals surface area contributed by atoms with Crippen molar-refractivity contribution in [2.24, 2.45) is 0 Å². The number of carbonyl (C=O) groups is 2. The zero-order valence-corrected chi connectivity index (χ0v) is 19.4. The second-order valence-corrected chi connectivity index (χ2v) is 8.31. The van der Waals surface area contributed by atoms with Crippen LogP contribution in [0.4, 0.5) is 0 Å². The van der Waals surface area contributed by atoms with Crippen LogP contribution in [0.3, 0.4) is 0 Å². The van der Waals surface area contributed by atoms with Gasteiger partial charge < -0.3 is 24.2 Å². The van der Waals surface area contributed by atoms with Crippen LogP contribution in [0.5, 0.6) is 17.2 Å². The number of ketones is 1. The SMILES string of the molecule is COc1cc(OC)c(C2CCN(C)CC2OC(C)=O)c(O)c1CC(=O)c1ccccc1Cl. The average Bonchev–Trinajstić information content (AvgIpc) is 2.75. The zero-order valence-electron chi connectivity index (χ0n) is 18.7. The highest BCUT2D eigenvalue weighted by atomic mass is 35.5. The number of benzene rings is 2. The lowest BCUT2D eigenvalue weighted by Gasteiger charge is -2.37. The molecule has 2 aromatic carbocycles. The van der Waals surface area contributed by atoms with Crippen LogP contribution in [-0.4, -0.2) is 62.2 Å². The molecular weight excluding hydrogens is 434 g/mol. The van der Waals surface area contributed by atoms with Gasteiger partial charge in [-0.3, -0.25) is 9.59 Å². The summed E-state index contributed by atoms with van der Waals surface area (Å²) >= 11 is 6.19. The number of halogens is 1. The molecule has 2 atom stereocenters. The molecule has 2 aromatic rings. The number of hydrogen-bond acceptors (Lipinski definition) is 7. The van der Waals surface area contributed by atoms with Crippen molar-refractivity contribution < 1.29 is 28.9 Å². The van der Waals surface area contributed by atoms with Gasteiger partial charge >= 0.3 is 5.97 Å². The molecule has 2 unspecified atom stereocenters. The molecule has 1 N–H and O–H groups in total. The molecule has 1 heterocycles. The molecule has 1 aliphatic heterocycles. The standard InChI is InChI=1S/C24H28ClNO6/c1-14(27)32-22-13-26(2)10-9-16(22)23-21(31-4)12-20(30-3)17(24(23)29)11-19(28)15-7-5-6-8-18(15)25/h5-8,12,16,22,29H,9-11,13H2,1-4H3. The number of phenolic OH excluding ortho intramolecular Hbond substituents is 1. The molecule has 0 aliphatic carbocycles. The number of piperidine rings is 1. The van der Waals surface area contributed by atoms with Gasteiger partial charge in [0.15, 0.2) is 5.78 Å². The molecule has 0 spiro atoms. The molecule has 0 saturated carbocycles. The summed E-state index contributed by atoms with van der Waals surface area (Å²) in [6.45, 7) is 2.64. The number of carbonyl (C=O) groups excluding carboxylic acids is 2. The van der Waals surface area contributed by atoms with E-state index >= 15 is 0 Å². The van der Waals surface area contributed by atoms with Crippen LogP contribution in [0.25, 0.3) is 0 Å². The Morgan fingerprint density at radius 3 is 2.50 bits per heavy atom. The van der Waals surface area contributed by atoms with Crippen LogP contribution in [0.15, 0.2) is 30.3 Å². The van der Waals surface area contributed by atoms with Gasteiger partial charge in [0.05, 0.1) is 19.2 Å². The smallest absolute Gasteiger partial charge is 0.302 e. The van der Waals surface area contributed by atoms with E-state index in [4.69, 9.17) is 25.8 Å². The second kappa shape index (κ2) is 10.2. The van der Waals surface area contributed by atoms with Crippen molar-refractivity contribution in [2.75, 3.05) is 34.4 Å². The third kappa shape index (κ3) is 5.00. The number of methoxy groups -OCH3 is 2. The van der Waals surface area contributed by atoms with Crippen LogP contribution in [0.1, 0.15) is 40.7 Å². The first kappa shape index (κ1) is 23.9. The predicted molar refractivity (Wildman–Crippen MR) is 121 cm³/mol. The van der Waals surface area contributed by atoms with Crippen LogP contribution >= 0.6 is 11.6 Å². The van der Waals surface area contributed by atoms with Crippen LogP contribution < -0.4 is 9.47 Å². The lowest BCUT2D eigenvalue weighted by molar-refractivity contribution is -0.149. The van der Waals surface area contributed by atoms with E-state index < -0.39 is 12.1 Å². The van der Waals surface area contributed by atoms with E-state index in [9.17, 15) is 14.7 Å². The largest absolute Gasteiger partial charge is 0.507 e. The van der Waals surface area contributed by atoms with Gasteiger partial charge in [-0.25, -0.2) is 0 Å². The number of rotatable bonds is 7. The summed E-state index contributed by atoms with van der Waals surface area (Å²) in [5.41, 5.74) is 1.22. The van der Waals surface area contributed by atoms with E-state index in [-0.39, 0.29) is 23.9 Å². The van der Waals surface area contributed by atoms with E-state index in [0.717, 1.165) is 6.54 Å². The van der Waals surface area contributed by atoms with Gasteiger partial charge in [-0.1, -0.05) is 23.7 Å². The van der Waals surface area contributed by atoms with E-state index in [1.165, 1.54) is 21.1 Å². The summed E-state index contributed by atoms with van der Waals surface area (Å²) in [7, 11) is 4.92. The Labute approximate surface area is 192 Å². The van der Waals surface area contributed by atoms with Gasteiger partial charge in [0, 0.05) is 48.6 Å². The maximum Gasteiger partial charge on any atom is 0.302 e. The first-order chi connectivity index (χ1) is 15.3. The zero-order chi connectivity index (χ0) is 23.4. The van der Waals surface area contributed by atoms with Crippen molar-refractivity contribution in [3.05, 3.63) is 52.0 Å². The molecule has 0 amide bonds. The number of hydrogen-bond donors (Lipinski definition) is 1. The monoisotopic (exact) mass is 461 g/mol. The topological polar surface area (TPSA) is 85.3 Å². The Hall–Kier alpha value is -2.77. The molecule has 0 bridgehead atoms. The highest BCUT2D eigenvalue weighted by Crippen LogP contribution is 2.46. The average molecular weight is 462 g/mol. The Bertz CT molecular complexity index is 1010. The first-order valence-electron chi connectivity index (χ1n) is 10.4. The fourth-order valence-electron chi connectivity index (χ4n) is 4.24. The number of esters is 1. The summed E-state index contributed by atoms with van der Waals surface area (Å²) in [6, 6.07) is 8.43. The normalized spacial score (nSPS) is 18.8. The molecular formula is C24H28ClNO6. The lowest BCUT2D eigenvalue weighted by atomic mass is 9.84. The molecule has 1 fully saturated rings. The van der Waals surface area contributed by atoms with Crippen molar-refractivity contribution in [2.45, 2.75) is 31.8 Å². The number of Topliss-reactive ketones (excluding diaryl/α,β-unsaturated/α-hetero) is 1. The summed E-state index contributed by atoms with van der Waals surface area (Å²) < 4.78 is 16.6. The Balaban J connectivity index is 2.07. The van der Waals surface area contributed by atoms with Gasteiger partial charge in [-0.15, -0.1) is 0 Å². The molecule has 32 heavy (non-hydrogen) atoms. The molecule has 0 aromatic heterocycles. The minimum atomic E-state index is -0.466. The third-order valence-electron chi connectivity index (χ3n) is 5.77. The Kier molecular flexibility index (Phi) is 7.64. The van der Waals surface area contributed by atoms with Crippen LogP contribution in [-0.2, 0) is 16.0 Å². The maximum atomic E-state index is 13.0. The van der Waals surface area contributed by atoms with Crippen molar-refractivity contribution in [1.82, 2.24) is 4.90 Å². The van der Waals surface area contributed by atoms with Crippen LogP contribution in [0, 0.1) is 0 Å². The number of likely N-dealkylation sites (N-methyl/N-ethyl adjacent to an activating group) is 1. The van der Waals surface area contributed by atoms with Crippen molar-refractivity contribution in [3.63, 3.8) is 0 Å². The molecule has 7 nitrogen and oxygen atoms in total. The van der Waals surface area contributed by atoms with Crippen molar-refractivity contribution in [1.29, 1.82) is 0 Å². The number of likely N-dealkylation sites (tertiary alicyclic amines) is 1. The van der Waals surface area contributed by atoms with Gasteiger partial charge in [-0.2, -0.15) is 0 Å². The Morgan fingerprint density at radius 2 is 1.88 bits per heavy atom. The molecule has 172 valence electrons. The molecule has 8 heteroatoms. The van der Waals surface area contributed by atoms with Gasteiger partial charge in [0.2, 0.25) is 0 Å². The first-order valence-corrected chi connectivity index (χ1v) is 10.7. The third-order valence-corrected chi connectivity index (χ3v) is 6.10. The minimum Gasteiger partial charge on any atom is -0.507 e. The minimum absolute atomic E-state index is 0.0895. The number of ether oxygens (including phenoxy) is 3. The number of nitrogens with zero attached hydrogens (tertiary/aromatic N) is 1.